The number of rotatable bonds is 0. The van der Waals surface area contributed by atoms with Crippen molar-refractivity contribution in [1.82, 2.24) is 4.90 Å². The lowest BCUT2D eigenvalue weighted by molar-refractivity contribution is -0.127. The van der Waals surface area contributed by atoms with Gasteiger partial charge >= 0.3 is 0 Å². The van der Waals surface area contributed by atoms with E-state index < -0.39 is 0 Å². The highest BCUT2D eigenvalue weighted by atomic mass is 16.1. The molecule has 0 N–H and O–H groups in total. The third-order valence-corrected chi connectivity index (χ3v) is 2.28. The summed E-state index contributed by atoms with van der Waals surface area (Å²) in [4.78, 5) is 13.3. The molecule has 0 aromatic rings. The number of carbonyl (C=O) groups excluding carboxylic acids is 1. The Labute approximate surface area is 62.2 Å². The lowest BCUT2D eigenvalue weighted by atomic mass is 9.94. The minimum atomic E-state index is 0.149. The van der Waals surface area contributed by atoms with E-state index >= 15 is 0 Å². The van der Waals surface area contributed by atoms with Crippen LogP contribution in [0.3, 0.4) is 0 Å². The van der Waals surface area contributed by atoms with Crippen LogP contribution in [-0.2, 0) is 4.79 Å². The van der Waals surface area contributed by atoms with Crippen molar-refractivity contribution in [3.63, 3.8) is 0 Å². The van der Waals surface area contributed by atoms with E-state index in [1.807, 2.05) is 14.0 Å². The van der Waals surface area contributed by atoms with Crippen LogP contribution in [0.25, 0.3) is 0 Å². The zero-order valence-corrected chi connectivity index (χ0v) is 6.92. The number of likely N-dealkylation sites (N-methyl/N-ethyl adjacent to an activating group) is 1. The second-order valence-electron chi connectivity index (χ2n) is 3.39. The third kappa shape index (κ3) is 1.37. The van der Waals surface area contributed by atoms with Crippen LogP contribution in [0.4, 0.5) is 0 Å². The Morgan fingerprint density at radius 3 is 2.60 bits per heavy atom. The number of ketones is 1. The molecule has 1 saturated heterocycles. The van der Waals surface area contributed by atoms with Gasteiger partial charge in [-0.2, -0.15) is 0 Å². The van der Waals surface area contributed by atoms with Crippen LogP contribution < -0.4 is 0 Å². The summed E-state index contributed by atoms with van der Waals surface area (Å²) < 4.78 is 0. The molecule has 1 aliphatic rings. The normalized spacial score (nSPS) is 36.5. The Morgan fingerprint density at radius 2 is 2.10 bits per heavy atom. The number of piperidine rings is 1. The summed E-state index contributed by atoms with van der Waals surface area (Å²) in [6.45, 7) is 5.17. The summed E-state index contributed by atoms with van der Waals surface area (Å²) in [7, 11) is 2.01. The van der Waals surface area contributed by atoms with E-state index in [9.17, 15) is 4.79 Å². The SMILES string of the molecule is C[C@@H]1CC(=O)[C@H](C)N(C)C1. The molecule has 0 aromatic carbocycles. The van der Waals surface area contributed by atoms with Crippen molar-refractivity contribution in [2.45, 2.75) is 26.3 Å². The van der Waals surface area contributed by atoms with Gasteiger partial charge in [-0.15, -0.1) is 0 Å². The number of nitrogens with zero attached hydrogens (tertiary/aromatic N) is 1. The first-order chi connectivity index (χ1) is 4.61. The van der Waals surface area contributed by atoms with Gasteiger partial charge in [-0.25, -0.2) is 0 Å². The van der Waals surface area contributed by atoms with Gasteiger partial charge in [-0.05, 0) is 19.9 Å². The predicted octanol–water partition coefficient (Wildman–Crippen LogP) is 0.916. The van der Waals surface area contributed by atoms with Gasteiger partial charge in [-0.3, -0.25) is 9.69 Å². The van der Waals surface area contributed by atoms with Crippen molar-refractivity contribution in [1.29, 1.82) is 0 Å². The van der Waals surface area contributed by atoms with Crippen LogP contribution in [0.2, 0.25) is 0 Å². The molecule has 0 aromatic heterocycles. The van der Waals surface area contributed by atoms with Crippen molar-refractivity contribution in [3.05, 3.63) is 0 Å². The van der Waals surface area contributed by atoms with Crippen LogP contribution in [0.5, 0.6) is 0 Å². The highest BCUT2D eigenvalue weighted by Crippen LogP contribution is 2.15. The molecule has 0 aliphatic carbocycles. The summed E-state index contributed by atoms with van der Waals surface area (Å²) in [6, 6.07) is 0.149. The lowest BCUT2D eigenvalue weighted by Gasteiger charge is -2.32. The van der Waals surface area contributed by atoms with E-state index in [1.54, 1.807) is 0 Å². The van der Waals surface area contributed by atoms with Crippen LogP contribution in [0.1, 0.15) is 20.3 Å². The molecule has 0 unspecified atom stereocenters. The maximum atomic E-state index is 11.2. The first-order valence-electron chi connectivity index (χ1n) is 3.84. The van der Waals surface area contributed by atoms with E-state index in [0.29, 0.717) is 11.7 Å². The molecule has 2 heteroatoms. The van der Waals surface area contributed by atoms with Gasteiger partial charge < -0.3 is 0 Å². The van der Waals surface area contributed by atoms with E-state index in [0.717, 1.165) is 13.0 Å². The average molecular weight is 141 g/mol. The molecule has 2 nitrogen and oxygen atoms in total. The molecule has 0 radical (unpaired) electrons. The van der Waals surface area contributed by atoms with Crippen molar-refractivity contribution >= 4 is 5.78 Å². The van der Waals surface area contributed by atoms with E-state index in [2.05, 4.69) is 11.8 Å². The fraction of sp³-hybridized carbons (Fsp3) is 0.875. The maximum Gasteiger partial charge on any atom is 0.149 e. The van der Waals surface area contributed by atoms with Gasteiger partial charge in [0, 0.05) is 13.0 Å². The van der Waals surface area contributed by atoms with E-state index in [4.69, 9.17) is 0 Å². The molecule has 0 bridgehead atoms. The highest BCUT2D eigenvalue weighted by Gasteiger charge is 2.26. The van der Waals surface area contributed by atoms with Gasteiger partial charge in [0.2, 0.25) is 0 Å². The summed E-state index contributed by atoms with van der Waals surface area (Å²) in [6.07, 6.45) is 0.769. The molecule has 0 amide bonds. The van der Waals surface area contributed by atoms with E-state index in [-0.39, 0.29) is 6.04 Å². The van der Waals surface area contributed by atoms with Crippen LogP contribution in [0.15, 0.2) is 0 Å². The summed E-state index contributed by atoms with van der Waals surface area (Å²) in [5, 5.41) is 0. The zero-order chi connectivity index (χ0) is 7.72. The Kier molecular flexibility index (Phi) is 2.09. The van der Waals surface area contributed by atoms with Crippen molar-refractivity contribution in [2.24, 2.45) is 5.92 Å². The van der Waals surface area contributed by atoms with Crippen molar-refractivity contribution < 1.29 is 4.79 Å². The number of hydrogen-bond donors (Lipinski definition) is 0. The zero-order valence-electron chi connectivity index (χ0n) is 6.92. The van der Waals surface area contributed by atoms with Gasteiger partial charge in [0.25, 0.3) is 0 Å². The molecule has 58 valence electrons. The number of likely N-dealkylation sites (tertiary alicyclic amines) is 1. The quantitative estimate of drug-likeness (QED) is 0.500. The van der Waals surface area contributed by atoms with Gasteiger partial charge in [0.05, 0.1) is 6.04 Å². The molecule has 0 saturated carbocycles. The molecular formula is C8H15NO. The number of hydrogen-bond acceptors (Lipinski definition) is 2. The van der Waals surface area contributed by atoms with Crippen molar-refractivity contribution in [2.75, 3.05) is 13.6 Å². The van der Waals surface area contributed by atoms with Gasteiger partial charge in [0.15, 0.2) is 0 Å². The number of carbonyl (C=O) groups is 1. The topological polar surface area (TPSA) is 20.3 Å². The smallest absolute Gasteiger partial charge is 0.149 e. The van der Waals surface area contributed by atoms with Crippen LogP contribution >= 0.6 is 0 Å². The standard InChI is InChI=1S/C8H15NO/c1-6-4-8(10)7(2)9(3)5-6/h6-7H,4-5H2,1-3H3/t6-,7+/m1/s1. The predicted molar refractivity (Wildman–Crippen MR) is 40.9 cm³/mol. The molecule has 2 atom stereocenters. The molecule has 1 heterocycles. The first kappa shape index (κ1) is 7.73. The molecule has 1 aliphatic heterocycles. The summed E-state index contributed by atoms with van der Waals surface area (Å²) in [5.74, 6) is 0.940. The third-order valence-electron chi connectivity index (χ3n) is 2.28. The molecule has 1 rings (SSSR count). The fourth-order valence-electron chi connectivity index (χ4n) is 1.47. The fourth-order valence-corrected chi connectivity index (χ4v) is 1.47. The monoisotopic (exact) mass is 141 g/mol. The second kappa shape index (κ2) is 2.70. The Morgan fingerprint density at radius 1 is 1.50 bits per heavy atom. The van der Waals surface area contributed by atoms with Crippen LogP contribution in [-0.4, -0.2) is 30.3 Å². The molecule has 10 heavy (non-hydrogen) atoms. The average Bonchev–Trinajstić information content (AvgIpc) is 1.82. The molecule has 1 fully saturated rings. The number of Topliss-reactive ketones (excluding diaryl/α,β-unsaturated/α-hetero) is 1. The molecular weight excluding hydrogens is 126 g/mol. The van der Waals surface area contributed by atoms with Crippen molar-refractivity contribution in [3.8, 4) is 0 Å². The van der Waals surface area contributed by atoms with Crippen LogP contribution in [0, 0.1) is 5.92 Å². The first-order valence-corrected chi connectivity index (χ1v) is 3.84. The highest BCUT2D eigenvalue weighted by molar-refractivity contribution is 5.84. The summed E-state index contributed by atoms with van der Waals surface area (Å²) >= 11 is 0. The summed E-state index contributed by atoms with van der Waals surface area (Å²) in [5.41, 5.74) is 0. The molecule has 0 spiro atoms. The maximum absolute atomic E-state index is 11.2. The second-order valence-corrected chi connectivity index (χ2v) is 3.39. The lowest BCUT2D eigenvalue weighted by Crippen LogP contribution is -2.44. The minimum absolute atomic E-state index is 0.149. The van der Waals surface area contributed by atoms with E-state index in [1.165, 1.54) is 0 Å². The van der Waals surface area contributed by atoms with Gasteiger partial charge in [-0.1, -0.05) is 6.92 Å². The van der Waals surface area contributed by atoms with Gasteiger partial charge in [0.1, 0.15) is 5.78 Å². The Bertz CT molecular complexity index is 144. The Balaban J connectivity index is 2.57. The Hall–Kier alpha value is -0.370. The largest absolute Gasteiger partial charge is 0.298 e. The minimum Gasteiger partial charge on any atom is -0.298 e.